The third-order valence-corrected chi connectivity index (χ3v) is 17.9. The summed E-state index contributed by atoms with van der Waals surface area (Å²) in [6.07, 6.45) is 0. The van der Waals surface area contributed by atoms with Gasteiger partial charge in [-0.25, -0.2) is 0 Å². The van der Waals surface area contributed by atoms with E-state index in [0.29, 0.717) is 0 Å². The summed E-state index contributed by atoms with van der Waals surface area (Å²) in [7, 11) is -2.94. The van der Waals surface area contributed by atoms with Crippen LogP contribution in [0.4, 0.5) is 0 Å². The van der Waals surface area contributed by atoms with Crippen LogP contribution in [0.3, 0.4) is 0 Å². The zero-order valence-corrected chi connectivity index (χ0v) is 35.6. The molecule has 0 amide bonds. The lowest BCUT2D eigenvalue weighted by atomic mass is 10.0. The van der Waals surface area contributed by atoms with Crippen molar-refractivity contribution in [1.29, 1.82) is 0 Å². The van der Waals surface area contributed by atoms with Crippen molar-refractivity contribution in [2.24, 2.45) is 0 Å². The number of aromatic nitrogens is 2. The average molecular weight is 819 g/mol. The number of fused-ring (bicyclic) bond motifs is 6. The predicted molar refractivity (Wildman–Crippen MR) is 270 cm³/mol. The van der Waals surface area contributed by atoms with Crippen molar-refractivity contribution >= 4 is 72.4 Å². The summed E-state index contributed by atoms with van der Waals surface area (Å²) >= 11 is 0. The molecule has 0 aliphatic rings. The maximum atomic E-state index is 2.57. The fourth-order valence-electron chi connectivity index (χ4n) is 10.4. The van der Waals surface area contributed by atoms with E-state index in [0.717, 1.165) is 11.4 Å². The minimum Gasteiger partial charge on any atom is -0.309 e. The lowest BCUT2D eigenvalue weighted by Gasteiger charge is -2.35. The molecular formula is C60H42N2Si. The van der Waals surface area contributed by atoms with E-state index >= 15 is 0 Å². The average Bonchev–Trinajstić information content (AvgIpc) is 3.88. The summed E-state index contributed by atoms with van der Waals surface area (Å²) in [5.74, 6) is 0. The fraction of sp³-hybridized carbons (Fsp3) is 0. The van der Waals surface area contributed by atoms with Gasteiger partial charge in [-0.1, -0.05) is 212 Å². The van der Waals surface area contributed by atoms with Crippen LogP contribution in [0.2, 0.25) is 0 Å². The quantitative estimate of drug-likeness (QED) is 0.107. The molecule has 0 saturated heterocycles. The van der Waals surface area contributed by atoms with Gasteiger partial charge in [0.15, 0.2) is 8.07 Å². The molecule has 0 spiro atoms. The van der Waals surface area contributed by atoms with Crippen LogP contribution >= 0.6 is 0 Å². The number of benzene rings is 10. The van der Waals surface area contributed by atoms with E-state index in [-0.39, 0.29) is 0 Å². The minimum atomic E-state index is -2.94. The maximum Gasteiger partial charge on any atom is 0.181 e. The first-order valence-electron chi connectivity index (χ1n) is 21.8. The Morgan fingerprint density at radius 2 is 0.778 bits per heavy atom. The topological polar surface area (TPSA) is 9.86 Å². The summed E-state index contributed by atoms with van der Waals surface area (Å²) in [4.78, 5) is 0. The first kappa shape index (κ1) is 36.8. The van der Waals surface area contributed by atoms with Crippen molar-refractivity contribution in [3.63, 3.8) is 0 Å². The van der Waals surface area contributed by atoms with Gasteiger partial charge in [0.25, 0.3) is 0 Å². The van der Waals surface area contributed by atoms with Crippen LogP contribution < -0.4 is 20.7 Å². The highest BCUT2D eigenvalue weighted by atomic mass is 28.3. The summed E-state index contributed by atoms with van der Waals surface area (Å²) in [5, 5.41) is 10.4. The largest absolute Gasteiger partial charge is 0.309 e. The summed E-state index contributed by atoms with van der Waals surface area (Å²) < 4.78 is 5.04. The van der Waals surface area contributed by atoms with Gasteiger partial charge in [-0.2, -0.15) is 0 Å². The normalized spacial score (nSPS) is 11.8. The first-order valence-corrected chi connectivity index (χ1v) is 23.8. The summed E-state index contributed by atoms with van der Waals surface area (Å²) in [6.45, 7) is 0. The van der Waals surface area contributed by atoms with E-state index in [1.54, 1.807) is 0 Å². The molecule has 0 saturated carbocycles. The van der Waals surface area contributed by atoms with Gasteiger partial charge in [0.05, 0.1) is 27.8 Å². The molecule has 0 unspecified atom stereocenters. The molecule has 0 aliphatic carbocycles. The second-order valence-corrected chi connectivity index (χ2v) is 20.2. The Morgan fingerprint density at radius 3 is 1.43 bits per heavy atom. The van der Waals surface area contributed by atoms with Crippen molar-refractivity contribution in [2.75, 3.05) is 0 Å². The molecule has 0 aliphatic heterocycles. The third-order valence-electron chi connectivity index (χ3n) is 13.1. The number of hydrogen-bond donors (Lipinski definition) is 0. The van der Waals surface area contributed by atoms with Gasteiger partial charge in [-0.05, 0) is 79.9 Å². The Bertz CT molecular complexity index is 3500. The van der Waals surface area contributed by atoms with Crippen LogP contribution in [0.15, 0.2) is 255 Å². The van der Waals surface area contributed by atoms with Crippen molar-refractivity contribution in [2.45, 2.75) is 0 Å². The van der Waals surface area contributed by atoms with Gasteiger partial charge >= 0.3 is 0 Å². The highest BCUT2D eigenvalue weighted by Crippen LogP contribution is 2.40. The molecule has 0 fully saturated rings. The monoisotopic (exact) mass is 818 g/mol. The van der Waals surface area contributed by atoms with Crippen LogP contribution in [-0.2, 0) is 0 Å². The molecule has 0 N–H and O–H groups in total. The minimum absolute atomic E-state index is 1.14. The smallest absolute Gasteiger partial charge is 0.181 e. The molecule has 2 heterocycles. The van der Waals surface area contributed by atoms with E-state index in [2.05, 4.69) is 264 Å². The van der Waals surface area contributed by atoms with E-state index in [1.165, 1.54) is 86.6 Å². The highest BCUT2D eigenvalue weighted by Gasteiger charge is 2.43. The van der Waals surface area contributed by atoms with E-state index in [9.17, 15) is 0 Å². The van der Waals surface area contributed by atoms with Gasteiger partial charge < -0.3 is 9.13 Å². The standard InChI is InChI=1S/C60H42N2Si/c1-6-21-43(22-7-1)45-37-39-57-53(41-45)54-42-46(38-40-58(54)62(57)55-34-18-16-31-50(55)44-23-8-2-9-24-44)61-56-35-19-17-32-51(56)52-33-20-36-59(60(52)61)63(47-25-10-3-11-26-47,48-27-12-4-13-28-48)49-29-14-5-15-30-49/h1-42H. The maximum absolute atomic E-state index is 2.94. The summed E-state index contributed by atoms with van der Waals surface area (Å²) in [6, 6.07) is 94.3. The second kappa shape index (κ2) is 15.2. The third kappa shape index (κ3) is 5.85. The Hall–Kier alpha value is -7.98. The number of nitrogens with zero attached hydrogens (tertiary/aromatic N) is 2. The van der Waals surface area contributed by atoms with E-state index in [4.69, 9.17) is 0 Å². The van der Waals surface area contributed by atoms with Crippen LogP contribution in [0.5, 0.6) is 0 Å². The van der Waals surface area contributed by atoms with E-state index in [1.807, 2.05) is 0 Å². The Morgan fingerprint density at radius 1 is 0.286 bits per heavy atom. The molecule has 63 heavy (non-hydrogen) atoms. The highest BCUT2D eigenvalue weighted by molar-refractivity contribution is 7.20. The number of hydrogen-bond acceptors (Lipinski definition) is 0. The van der Waals surface area contributed by atoms with Gasteiger partial charge in [-0.3, -0.25) is 0 Å². The molecule has 0 bridgehead atoms. The van der Waals surface area contributed by atoms with Gasteiger partial charge in [0.2, 0.25) is 0 Å². The van der Waals surface area contributed by atoms with Gasteiger partial charge in [-0.15, -0.1) is 0 Å². The molecule has 296 valence electrons. The van der Waals surface area contributed by atoms with E-state index < -0.39 is 8.07 Å². The molecule has 2 nitrogen and oxygen atoms in total. The van der Waals surface area contributed by atoms with Crippen molar-refractivity contribution in [1.82, 2.24) is 9.13 Å². The van der Waals surface area contributed by atoms with Crippen molar-refractivity contribution in [3.8, 4) is 33.6 Å². The summed E-state index contributed by atoms with van der Waals surface area (Å²) in [5.41, 5.74) is 11.9. The van der Waals surface area contributed by atoms with Crippen LogP contribution in [0.1, 0.15) is 0 Å². The van der Waals surface area contributed by atoms with Crippen LogP contribution in [-0.4, -0.2) is 17.2 Å². The zero-order valence-electron chi connectivity index (χ0n) is 34.6. The molecular weight excluding hydrogens is 777 g/mol. The predicted octanol–water partition coefficient (Wildman–Crippen LogP) is 12.6. The molecule has 3 heteroatoms. The Kier molecular flexibility index (Phi) is 8.87. The van der Waals surface area contributed by atoms with Gasteiger partial charge in [0, 0.05) is 32.8 Å². The first-order chi connectivity index (χ1) is 31.3. The molecule has 12 rings (SSSR count). The number of para-hydroxylation sites is 3. The van der Waals surface area contributed by atoms with Crippen molar-refractivity contribution in [3.05, 3.63) is 255 Å². The lowest BCUT2D eigenvalue weighted by molar-refractivity contribution is 1.17. The molecule has 10 aromatic carbocycles. The lowest BCUT2D eigenvalue weighted by Crippen LogP contribution is -2.75. The second-order valence-electron chi connectivity index (χ2n) is 16.4. The zero-order chi connectivity index (χ0) is 41.7. The van der Waals surface area contributed by atoms with Crippen molar-refractivity contribution < 1.29 is 0 Å². The molecule has 0 radical (unpaired) electrons. The molecule has 2 aromatic heterocycles. The Labute approximate surface area is 368 Å². The SMILES string of the molecule is c1ccc(-c2ccc3c(c2)c2cc(-n4c5ccccc5c5cccc([Si](c6ccccc6)(c6ccccc6)c6ccccc6)c54)ccc2n3-c2ccccc2-c2ccccc2)cc1. The number of rotatable bonds is 8. The van der Waals surface area contributed by atoms with Crippen LogP contribution in [0.25, 0.3) is 77.2 Å². The van der Waals surface area contributed by atoms with Crippen LogP contribution in [0, 0.1) is 0 Å². The molecule has 12 aromatic rings. The molecule has 0 atom stereocenters. The Balaban J connectivity index is 1.20. The van der Waals surface area contributed by atoms with Gasteiger partial charge in [0.1, 0.15) is 0 Å². The fourth-order valence-corrected chi connectivity index (χ4v) is 15.3.